The van der Waals surface area contributed by atoms with Gasteiger partial charge in [-0.3, -0.25) is 9.55 Å². The maximum Gasteiger partial charge on any atom is 0.433 e. The van der Waals surface area contributed by atoms with Crippen molar-refractivity contribution >= 4 is 12.4 Å². The van der Waals surface area contributed by atoms with Crippen LogP contribution in [0.15, 0.2) is 23.1 Å². The minimum absolute atomic E-state index is 0. The van der Waals surface area contributed by atoms with Crippen molar-refractivity contribution in [2.75, 3.05) is 13.1 Å². The quantitative estimate of drug-likeness (QED) is 0.869. The highest BCUT2D eigenvalue weighted by Crippen LogP contribution is 2.27. The molecule has 0 aromatic carbocycles. The molecule has 6 nitrogen and oxygen atoms in total. The Labute approximate surface area is 154 Å². The van der Waals surface area contributed by atoms with Crippen LogP contribution in [-0.4, -0.2) is 32.4 Å². The third-order valence-corrected chi connectivity index (χ3v) is 4.38. The van der Waals surface area contributed by atoms with E-state index in [1.54, 1.807) is 4.57 Å². The van der Waals surface area contributed by atoms with Gasteiger partial charge in [0.15, 0.2) is 0 Å². The molecular weight excluding hydrogens is 371 g/mol. The van der Waals surface area contributed by atoms with E-state index < -0.39 is 11.9 Å². The van der Waals surface area contributed by atoms with Crippen LogP contribution in [0.5, 0.6) is 0 Å². The summed E-state index contributed by atoms with van der Waals surface area (Å²) in [6.45, 7) is 4.23. The standard InChI is InChI=1S/C16H20F3N5O.ClH/c1-2-23-14(12-4-3-7-20-9-12)22-24(15(23)25)10-11-5-6-13(21-8-11)16(17,18)19;/h5-6,8,12,20H,2-4,7,9-10H2,1H3;1H. The van der Waals surface area contributed by atoms with Crippen molar-refractivity contribution in [2.45, 2.75) is 44.9 Å². The summed E-state index contributed by atoms with van der Waals surface area (Å²) in [5, 5.41) is 7.75. The van der Waals surface area contributed by atoms with Crippen molar-refractivity contribution in [1.82, 2.24) is 24.6 Å². The van der Waals surface area contributed by atoms with Crippen LogP contribution in [-0.2, 0) is 19.3 Å². The number of nitrogens with zero attached hydrogens (tertiary/aromatic N) is 4. The van der Waals surface area contributed by atoms with Gasteiger partial charge in [0.05, 0.1) is 6.54 Å². The second-order valence-corrected chi connectivity index (χ2v) is 6.14. The largest absolute Gasteiger partial charge is 0.433 e. The van der Waals surface area contributed by atoms with Gasteiger partial charge in [-0.15, -0.1) is 12.4 Å². The van der Waals surface area contributed by atoms with Gasteiger partial charge in [-0.05, 0) is 37.9 Å². The van der Waals surface area contributed by atoms with E-state index in [0.29, 0.717) is 12.1 Å². The van der Waals surface area contributed by atoms with Crippen molar-refractivity contribution in [2.24, 2.45) is 0 Å². The minimum atomic E-state index is -4.47. The summed E-state index contributed by atoms with van der Waals surface area (Å²) in [4.78, 5) is 16.0. The summed E-state index contributed by atoms with van der Waals surface area (Å²) in [6, 6.07) is 2.25. The number of alkyl halides is 3. The summed E-state index contributed by atoms with van der Waals surface area (Å²) in [5.41, 5.74) is -0.691. The Kier molecular flexibility index (Phi) is 6.46. The molecule has 1 unspecified atom stereocenters. The molecule has 2 aromatic heterocycles. The van der Waals surface area contributed by atoms with E-state index in [0.717, 1.165) is 44.0 Å². The molecule has 0 radical (unpaired) electrons. The molecule has 3 rings (SSSR count). The first-order valence-corrected chi connectivity index (χ1v) is 8.30. The molecule has 1 fully saturated rings. The van der Waals surface area contributed by atoms with Crippen molar-refractivity contribution in [3.05, 3.63) is 45.9 Å². The Morgan fingerprint density at radius 2 is 2.12 bits per heavy atom. The van der Waals surface area contributed by atoms with Crippen LogP contribution in [0.4, 0.5) is 13.2 Å². The van der Waals surface area contributed by atoms with Crippen molar-refractivity contribution in [1.29, 1.82) is 0 Å². The lowest BCUT2D eigenvalue weighted by atomic mass is 9.99. The summed E-state index contributed by atoms with van der Waals surface area (Å²) in [7, 11) is 0. The van der Waals surface area contributed by atoms with Gasteiger partial charge in [0.2, 0.25) is 0 Å². The molecule has 3 heterocycles. The Hall–Kier alpha value is -1.87. The van der Waals surface area contributed by atoms with Gasteiger partial charge in [-0.1, -0.05) is 6.07 Å². The Bertz CT molecular complexity index is 779. The predicted octanol–water partition coefficient (Wildman–Crippen LogP) is 2.42. The zero-order valence-electron chi connectivity index (χ0n) is 14.3. The lowest BCUT2D eigenvalue weighted by molar-refractivity contribution is -0.141. The molecule has 0 spiro atoms. The SMILES string of the molecule is CCn1c(C2CCCNC2)nn(Cc2ccc(C(F)(F)F)nc2)c1=O.Cl. The lowest BCUT2D eigenvalue weighted by Crippen LogP contribution is -2.31. The molecule has 1 aliphatic heterocycles. The number of aromatic nitrogens is 4. The van der Waals surface area contributed by atoms with Gasteiger partial charge in [0.25, 0.3) is 0 Å². The van der Waals surface area contributed by atoms with Gasteiger partial charge in [-0.2, -0.15) is 18.3 Å². The van der Waals surface area contributed by atoms with E-state index in [1.807, 2.05) is 6.92 Å². The molecule has 0 saturated carbocycles. The van der Waals surface area contributed by atoms with Crippen LogP contribution in [0.25, 0.3) is 0 Å². The van der Waals surface area contributed by atoms with Crippen LogP contribution in [0.2, 0.25) is 0 Å². The fourth-order valence-electron chi connectivity index (χ4n) is 3.09. The number of hydrogen-bond donors (Lipinski definition) is 1. The highest BCUT2D eigenvalue weighted by Gasteiger charge is 2.32. The van der Waals surface area contributed by atoms with Crippen molar-refractivity contribution in [3.8, 4) is 0 Å². The number of nitrogens with one attached hydrogen (secondary N) is 1. The first kappa shape index (κ1) is 20.4. The number of pyridine rings is 1. The number of hydrogen-bond acceptors (Lipinski definition) is 4. The number of piperidine rings is 1. The van der Waals surface area contributed by atoms with Gasteiger partial charge in [0.1, 0.15) is 11.5 Å². The van der Waals surface area contributed by atoms with E-state index in [4.69, 9.17) is 0 Å². The van der Waals surface area contributed by atoms with Crippen LogP contribution < -0.4 is 11.0 Å². The molecule has 1 aliphatic rings. The first-order valence-electron chi connectivity index (χ1n) is 8.30. The fraction of sp³-hybridized carbons (Fsp3) is 0.562. The van der Waals surface area contributed by atoms with Crippen molar-refractivity contribution in [3.63, 3.8) is 0 Å². The van der Waals surface area contributed by atoms with Crippen LogP contribution >= 0.6 is 12.4 Å². The van der Waals surface area contributed by atoms with Crippen LogP contribution in [0.1, 0.15) is 42.8 Å². The Morgan fingerprint density at radius 1 is 1.35 bits per heavy atom. The third kappa shape index (κ3) is 4.27. The minimum Gasteiger partial charge on any atom is -0.316 e. The predicted molar refractivity (Wildman–Crippen MR) is 92.6 cm³/mol. The second kappa shape index (κ2) is 8.22. The molecule has 1 atom stereocenters. The van der Waals surface area contributed by atoms with E-state index >= 15 is 0 Å². The molecule has 26 heavy (non-hydrogen) atoms. The van der Waals surface area contributed by atoms with E-state index in [9.17, 15) is 18.0 Å². The normalized spacial score (nSPS) is 17.8. The zero-order valence-corrected chi connectivity index (χ0v) is 15.1. The molecule has 0 aliphatic carbocycles. The molecule has 1 N–H and O–H groups in total. The summed E-state index contributed by atoms with van der Waals surface area (Å²) in [6.07, 6.45) is -1.34. The van der Waals surface area contributed by atoms with Crippen LogP contribution in [0.3, 0.4) is 0 Å². The number of halogens is 4. The molecule has 2 aromatic rings. The Morgan fingerprint density at radius 3 is 2.65 bits per heavy atom. The van der Waals surface area contributed by atoms with Gasteiger partial charge in [-0.25, -0.2) is 9.48 Å². The molecule has 144 valence electrons. The number of rotatable bonds is 4. The van der Waals surface area contributed by atoms with Gasteiger partial charge >= 0.3 is 11.9 Å². The van der Waals surface area contributed by atoms with E-state index in [-0.39, 0.29) is 30.6 Å². The van der Waals surface area contributed by atoms with Crippen LogP contribution in [0, 0.1) is 0 Å². The summed E-state index contributed by atoms with van der Waals surface area (Å²) in [5.74, 6) is 0.910. The molecule has 0 bridgehead atoms. The lowest BCUT2D eigenvalue weighted by Gasteiger charge is -2.21. The average Bonchev–Trinajstić information content (AvgIpc) is 2.91. The fourth-order valence-corrected chi connectivity index (χ4v) is 3.09. The first-order chi connectivity index (χ1) is 11.9. The maximum atomic E-state index is 12.6. The van der Waals surface area contributed by atoms with Gasteiger partial charge < -0.3 is 5.32 Å². The Balaban J connectivity index is 0.00000243. The van der Waals surface area contributed by atoms with E-state index in [1.165, 1.54) is 10.7 Å². The maximum absolute atomic E-state index is 12.6. The monoisotopic (exact) mass is 391 g/mol. The molecule has 1 saturated heterocycles. The summed E-state index contributed by atoms with van der Waals surface area (Å²) >= 11 is 0. The highest BCUT2D eigenvalue weighted by atomic mass is 35.5. The summed E-state index contributed by atoms with van der Waals surface area (Å²) < 4.78 is 40.7. The third-order valence-electron chi connectivity index (χ3n) is 4.38. The van der Waals surface area contributed by atoms with Crippen molar-refractivity contribution < 1.29 is 13.2 Å². The average molecular weight is 392 g/mol. The second-order valence-electron chi connectivity index (χ2n) is 6.14. The van der Waals surface area contributed by atoms with Gasteiger partial charge in [0, 0.05) is 25.2 Å². The highest BCUT2D eigenvalue weighted by molar-refractivity contribution is 5.85. The zero-order chi connectivity index (χ0) is 18.0. The molecule has 0 amide bonds. The smallest absolute Gasteiger partial charge is 0.316 e. The molecule has 10 heteroatoms. The molecular formula is C16H21ClF3N5O. The topological polar surface area (TPSA) is 64.7 Å². The van der Waals surface area contributed by atoms with E-state index in [2.05, 4.69) is 15.4 Å².